The molecule has 37 nitrogen and oxygen atoms in total. The van der Waals surface area contributed by atoms with E-state index in [9.17, 15) is 122 Å². The van der Waals surface area contributed by atoms with Gasteiger partial charge >= 0.3 is 55.6 Å². The first-order valence-electron chi connectivity index (χ1n) is 31.8. The molecule has 0 aromatic carbocycles. The number of carbonyl (C=O) groups excluding carboxylic acids is 7. The van der Waals surface area contributed by atoms with E-state index in [0.29, 0.717) is 37.9 Å². The Bertz CT molecular complexity index is 2440. The van der Waals surface area contributed by atoms with Crippen LogP contribution < -0.4 is 16.0 Å². The van der Waals surface area contributed by atoms with E-state index < -0.39 is 185 Å². The van der Waals surface area contributed by atoms with Gasteiger partial charge < -0.3 is 75.9 Å². The molecule has 558 valence electrons. The number of nitrogens with zero attached hydrogens (tertiary/aromatic N) is 4. The second-order valence-corrected chi connectivity index (χ2v) is 26.0. The molecule has 98 heavy (non-hydrogen) atoms. The van der Waals surface area contributed by atoms with Crippen LogP contribution in [0.2, 0.25) is 0 Å². The lowest BCUT2D eigenvalue weighted by molar-refractivity contribution is -0.152. The summed E-state index contributed by atoms with van der Waals surface area (Å²) in [5.41, 5.74) is -1.71. The topological polar surface area (TPSA) is 550 Å². The normalized spacial score (nSPS) is 15.2. The molecule has 5 amide bonds. The van der Waals surface area contributed by atoms with Gasteiger partial charge in [-0.3, -0.25) is 101 Å². The largest absolute Gasteiger partial charge is 0.480 e. The first-order valence-corrected chi connectivity index (χ1v) is 34.3. The molecule has 6 unspecified atom stereocenters. The van der Waals surface area contributed by atoms with Gasteiger partial charge in [-0.05, 0) is 76.9 Å². The molecule has 1 saturated heterocycles. The number of phosphoric acid groups is 1. The Balaban J connectivity index is 3.34. The highest BCUT2D eigenvalue weighted by Crippen LogP contribution is 2.42. The van der Waals surface area contributed by atoms with Crippen LogP contribution in [0.5, 0.6) is 0 Å². The molecule has 1 heterocycles. The van der Waals surface area contributed by atoms with Gasteiger partial charge in [-0.15, -0.1) is 11.8 Å². The van der Waals surface area contributed by atoms with Crippen LogP contribution in [0.25, 0.3) is 0 Å². The second-order valence-electron chi connectivity index (χ2n) is 23.1. The summed E-state index contributed by atoms with van der Waals surface area (Å²) >= 11 is 1.26. The van der Waals surface area contributed by atoms with Crippen LogP contribution in [0.15, 0.2) is 0 Å². The number of aliphatic carboxylic acids is 8. The molecule has 0 saturated carbocycles. The number of imide groups is 1. The molecular weight excluding hydrogens is 1350 g/mol. The van der Waals surface area contributed by atoms with Crippen molar-refractivity contribution in [3.63, 3.8) is 0 Å². The van der Waals surface area contributed by atoms with E-state index in [0.717, 1.165) is 26.7 Å². The lowest BCUT2D eigenvalue weighted by atomic mass is 10.0. The number of hydrogen-bond acceptors (Lipinski definition) is 25. The number of amides is 5. The summed E-state index contributed by atoms with van der Waals surface area (Å²) in [6, 6.07) is -4.19. The molecule has 0 radical (unpaired) electrons. The first kappa shape index (κ1) is 88.9. The van der Waals surface area contributed by atoms with Gasteiger partial charge in [-0.25, -0.2) is 4.57 Å². The number of ketones is 2. The van der Waals surface area contributed by atoms with E-state index in [1.807, 2.05) is 0 Å². The number of ether oxygens (including phenoxy) is 3. The molecule has 0 aromatic heterocycles. The van der Waals surface area contributed by atoms with E-state index in [1.54, 1.807) is 0 Å². The van der Waals surface area contributed by atoms with Crippen LogP contribution in [0, 0.1) is 0 Å². The van der Waals surface area contributed by atoms with E-state index in [1.165, 1.54) is 18.7 Å². The summed E-state index contributed by atoms with van der Waals surface area (Å²) < 4.78 is 38.6. The standard InChI is InChI=1S/C59H96N7O30PS/c1-40(67)31-63(32-50(73)74)42(56(84)85)16-8-10-22-60-46(69)20-27-94-38-59(37-93-26-19-41(68)14-6-5-7-15-43(57(86)87)64(33-51(75)76)34-52(77)78,39-95-28-21-47(70)61-23-11-9-17-44(58(88)89)65(35-53(79)80)36-54(81)82)62-48(71)18-24-66-49(72)30-45(55(66)83)98-29-13-4-3-12-25-96-97(90,91)92-2/h42-45H,3-39H2,1-2H3,(H,60,69)(H,61,70)(H,62,71)(H,73,74)(H,75,76)(H,77,78)(H,79,80)(H,81,82)(H,84,85)(H,86,87)(H,88,89)(H,90,91). The number of carboxylic acid groups (broad SMARTS) is 8. The third-order valence-electron chi connectivity index (χ3n) is 14.8. The SMILES string of the molecule is COP(=O)(O)OCCCCCCSC1CC(=O)N(CCC(=O)NC(COCCC(=O)CCCCCC(C(=O)O)N(CC(=O)O)CC(=O)O)(COCCC(=O)NCCCCC(C(=O)O)N(CC(C)=O)CC(=O)O)COCCC(=O)NCCCCC(C(=O)O)N(CC(=O)O)CC(=O)O)C1=O. The molecule has 0 spiro atoms. The predicted octanol–water partition coefficient (Wildman–Crippen LogP) is 0.00630. The third kappa shape index (κ3) is 40.7. The van der Waals surface area contributed by atoms with Gasteiger partial charge in [-0.2, -0.15) is 0 Å². The molecule has 0 aromatic rings. The molecule has 0 bridgehead atoms. The van der Waals surface area contributed by atoms with Crippen LogP contribution in [0.1, 0.15) is 135 Å². The fourth-order valence-electron chi connectivity index (χ4n) is 10.0. The fraction of sp³-hybridized carbons (Fsp3) is 0.746. The van der Waals surface area contributed by atoms with Crippen molar-refractivity contribution < 1.29 is 145 Å². The van der Waals surface area contributed by atoms with Gasteiger partial charge in [0.15, 0.2) is 0 Å². The maximum absolute atomic E-state index is 14.1. The van der Waals surface area contributed by atoms with Crippen molar-refractivity contribution in [3.05, 3.63) is 0 Å². The number of hydrogen-bond donors (Lipinski definition) is 12. The highest BCUT2D eigenvalue weighted by molar-refractivity contribution is 8.00. The Morgan fingerprint density at radius 1 is 0.531 bits per heavy atom. The molecular formula is C59H96N7O30PS. The number of thioether (sulfide) groups is 1. The number of carbonyl (C=O) groups is 15. The molecule has 1 aliphatic rings. The maximum atomic E-state index is 14.1. The number of nitrogens with one attached hydrogen (secondary N) is 3. The van der Waals surface area contributed by atoms with Gasteiger partial charge in [0.2, 0.25) is 29.5 Å². The average Bonchev–Trinajstić information content (AvgIpc) is 1.66. The van der Waals surface area contributed by atoms with Crippen LogP contribution >= 0.6 is 19.6 Å². The smallest absolute Gasteiger partial charge is 0.471 e. The van der Waals surface area contributed by atoms with Crippen molar-refractivity contribution in [3.8, 4) is 0 Å². The minimum atomic E-state index is -4.10. The zero-order valence-electron chi connectivity index (χ0n) is 55.2. The molecule has 1 rings (SSSR count). The van der Waals surface area contributed by atoms with Crippen molar-refractivity contribution >= 4 is 108 Å². The van der Waals surface area contributed by atoms with Crippen molar-refractivity contribution in [1.82, 2.24) is 35.6 Å². The highest BCUT2D eigenvalue weighted by atomic mass is 32.2. The molecule has 1 fully saturated rings. The monoisotopic (exact) mass is 1450 g/mol. The maximum Gasteiger partial charge on any atom is 0.471 e. The minimum absolute atomic E-state index is 0.00690. The molecule has 12 N–H and O–H groups in total. The van der Waals surface area contributed by atoms with Crippen LogP contribution in [0.3, 0.4) is 0 Å². The summed E-state index contributed by atoms with van der Waals surface area (Å²) in [4.78, 5) is 197. The van der Waals surface area contributed by atoms with Crippen LogP contribution in [-0.4, -0.2) is 301 Å². The number of phosphoric ester groups is 1. The van der Waals surface area contributed by atoms with Crippen molar-refractivity contribution in [2.75, 3.05) is 118 Å². The van der Waals surface area contributed by atoms with Crippen molar-refractivity contribution in [2.24, 2.45) is 0 Å². The second kappa shape index (κ2) is 49.4. The zero-order chi connectivity index (χ0) is 73.8. The third-order valence-corrected chi connectivity index (χ3v) is 17.1. The van der Waals surface area contributed by atoms with E-state index in [2.05, 4.69) is 20.5 Å². The van der Waals surface area contributed by atoms with E-state index in [-0.39, 0.29) is 142 Å². The summed E-state index contributed by atoms with van der Waals surface area (Å²) in [5.74, 6) is -14.5. The van der Waals surface area contributed by atoms with Crippen LogP contribution in [0.4, 0.5) is 0 Å². The average molecular weight is 1450 g/mol. The van der Waals surface area contributed by atoms with Gasteiger partial charge in [0.25, 0.3) is 0 Å². The number of rotatable bonds is 63. The van der Waals surface area contributed by atoms with E-state index in [4.69, 9.17) is 18.7 Å². The number of likely N-dealkylation sites (tertiary alicyclic amines) is 1. The van der Waals surface area contributed by atoms with Gasteiger partial charge in [-0.1, -0.05) is 25.7 Å². The summed E-state index contributed by atoms with van der Waals surface area (Å²) in [5, 5.41) is 82.7. The first-order chi connectivity index (χ1) is 46.2. The Morgan fingerprint density at radius 2 is 0.939 bits per heavy atom. The van der Waals surface area contributed by atoms with E-state index >= 15 is 0 Å². The number of unbranched alkanes of at least 4 members (excludes halogenated alkanes) is 7. The minimum Gasteiger partial charge on any atom is -0.480 e. The zero-order valence-corrected chi connectivity index (χ0v) is 56.9. The quantitative estimate of drug-likeness (QED) is 0.0217. The molecule has 6 atom stereocenters. The lowest BCUT2D eigenvalue weighted by Gasteiger charge is -2.34. The lowest BCUT2D eigenvalue weighted by Crippen LogP contribution is -2.59. The van der Waals surface area contributed by atoms with Crippen LogP contribution in [-0.2, 0) is 99.7 Å². The summed E-state index contributed by atoms with van der Waals surface area (Å²) in [6.07, 6.45) is 2.26. The van der Waals surface area contributed by atoms with Gasteiger partial charge in [0.1, 0.15) is 35.2 Å². The molecule has 39 heteroatoms. The van der Waals surface area contributed by atoms with Crippen molar-refractivity contribution in [2.45, 2.75) is 164 Å². The van der Waals surface area contributed by atoms with Gasteiger partial charge in [0.05, 0.1) is 90.8 Å². The number of carboxylic acids is 8. The highest BCUT2D eigenvalue weighted by Gasteiger charge is 2.40. The Labute approximate surface area is 569 Å². The summed E-state index contributed by atoms with van der Waals surface area (Å²) in [7, 11) is -3.06. The van der Waals surface area contributed by atoms with Gasteiger partial charge in [0, 0.05) is 65.3 Å². The fourth-order valence-corrected chi connectivity index (χ4v) is 11.7. The van der Waals surface area contributed by atoms with Crippen molar-refractivity contribution in [1.29, 1.82) is 0 Å². The molecule has 0 aliphatic carbocycles. The summed E-state index contributed by atoms with van der Waals surface area (Å²) in [6.45, 7) is -5.90. The number of Topliss-reactive ketones (excluding diaryl/α,β-unsaturated/α-hetero) is 2. The Hall–Kier alpha value is -7.13. The Morgan fingerprint density at radius 3 is 1.36 bits per heavy atom. The molecule has 1 aliphatic heterocycles. The Kier molecular flexibility index (Phi) is 44.8. The predicted molar refractivity (Wildman–Crippen MR) is 340 cm³/mol.